The van der Waals surface area contributed by atoms with Crippen LogP contribution in [0.25, 0.3) is 0 Å². The third-order valence-electron chi connectivity index (χ3n) is 5.16. The van der Waals surface area contributed by atoms with E-state index < -0.39 is 0 Å². The topological polar surface area (TPSA) is 50.2 Å². The van der Waals surface area contributed by atoms with Gasteiger partial charge >= 0.3 is 0 Å². The Hall–Kier alpha value is -2.14. The smallest absolute Gasteiger partial charge is 0.220 e. The monoisotopic (exact) mass is 354 g/mol. The fourth-order valence-corrected chi connectivity index (χ4v) is 3.70. The molecule has 2 aromatic rings. The van der Waals surface area contributed by atoms with E-state index in [0.717, 1.165) is 25.1 Å². The van der Waals surface area contributed by atoms with Crippen LogP contribution in [-0.2, 0) is 18.3 Å². The number of nitrogens with zero attached hydrogens (tertiary/aromatic N) is 3. The molecule has 1 aliphatic rings. The molecule has 140 valence electrons. The van der Waals surface area contributed by atoms with Gasteiger partial charge in [0, 0.05) is 26.2 Å². The first-order chi connectivity index (χ1) is 12.7. The molecule has 2 heterocycles. The van der Waals surface area contributed by atoms with Crippen LogP contribution < -0.4 is 5.32 Å². The number of rotatable bonds is 7. The van der Waals surface area contributed by atoms with Crippen molar-refractivity contribution in [3.63, 3.8) is 0 Å². The molecule has 1 aliphatic heterocycles. The maximum absolute atomic E-state index is 12.4. The average molecular weight is 354 g/mol. The standard InChI is InChI=1S/C21H30N4O/c1-24-17-18(15-23-24)11-12-21(26)22-16-20(19-9-5-4-6-10-19)25-13-7-2-3-8-14-25/h4-6,9-10,15,17,20H,2-3,7-8,11-14,16H2,1H3,(H,22,26). The normalized spacial score (nSPS) is 16.8. The number of likely N-dealkylation sites (tertiary alicyclic amines) is 1. The van der Waals surface area contributed by atoms with Crippen LogP contribution in [0.1, 0.15) is 49.3 Å². The number of amides is 1. The maximum atomic E-state index is 12.4. The van der Waals surface area contributed by atoms with Gasteiger partial charge in [0.15, 0.2) is 0 Å². The highest BCUT2D eigenvalue weighted by molar-refractivity contribution is 5.76. The molecule has 1 N–H and O–H groups in total. The van der Waals surface area contributed by atoms with Crippen molar-refractivity contribution in [1.82, 2.24) is 20.0 Å². The summed E-state index contributed by atoms with van der Waals surface area (Å²) in [6.07, 6.45) is 10.2. The second-order valence-corrected chi connectivity index (χ2v) is 7.20. The molecule has 5 nitrogen and oxygen atoms in total. The second kappa shape index (κ2) is 9.53. The summed E-state index contributed by atoms with van der Waals surface area (Å²) in [5, 5.41) is 7.32. The van der Waals surface area contributed by atoms with E-state index in [4.69, 9.17) is 0 Å². The summed E-state index contributed by atoms with van der Waals surface area (Å²) in [5.41, 5.74) is 2.40. The molecular formula is C21H30N4O. The molecule has 1 aromatic carbocycles. The zero-order valence-electron chi connectivity index (χ0n) is 15.7. The lowest BCUT2D eigenvalue weighted by atomic mass is 10.0. The van der Waals surface area contributed by atoms with Crippen molar-refractivity contribution in [3.8, 4) is 0 Å². The minimum Gasteiger partial charge on any atom is -0.354 e. The van der Waals surface area contributed by atoms with E-state index in [1.165, 1.54) is 31.2 Å². The summed E-state index contributed by atoms with van der Waals surface area (Å²) in [4.78, 5) is 14.9. The van der Waals surface area contributed by atoms with Gasteiger partial charge in [0.2, 0.25) is 5.91 Å². The number of aryl methyl sites for hydroxylation is 2. The van der Waals surface area contributed by atoms with Gasteiger partial charge in [-0.1, -0.05) is 43.2 Å². The quantitative estimate of drug-likeness (QED) is 0.831. The molecule has 0 spiro atoms. The zero-order chi connectivity index (χ0) is 18.2. The van der Waals surface area contributed by atoms with Gasteiger partial charge in [0.05, 0.1) is 12.2 Å². The Labute approximate surface area is 156 Å². The van der Waals surface area contributed by atoms with Gasteiger partial charge in [0.25, 0.3) is 0 Å². The van der Waals surface area contributed by atoms with Crippen molar-refractivity contribution >= 4 is 5.91 Å². The van der Waals surface area contributed by atoms with Crippen LogP contribution in [-0.4, -0.2) is 40.2 Å². The predicted octanol–water partition coefficient (Wildman–Crippen LogP) is 3.09. The number of aromatic nitrogens is 2. The van der Waals surface area contributed by atoms with Gasteiger partial charge in [-0.3, -0.25) is 14.4 Å². The zero-order valence-corrected chi connectivity index (χ0v) is 15.7. The number of hydrogen-bond donors (Lipinski definition) is 1. The Balaban J connectivity index is 1.57. The molecule has 1 saturated heterocycles. The fourth-order valence-electron chi connectivity index (χ4n) is 3.70. The van der Waals surface area contributed by atoms with E-state index in [2.05, 4.69) is 45.6 Å². The molecule has 0 bridgehead atoms. The Morgan fingerprint density at radius 3 is 2.54 bits per heavy atom. The maximum Gasteiger partial charge on any atom is 0.220 e. The molecule has 5 heteroatoms. The lowest BCUT2D eigenvalue weighted by molar-refractivity contribution is -0.121. The Morgan fingerprint density at radius 2 is 1.88 bits per heavy atom. The molecule has 3 rings (SSSR count). The Bertz CT molecular complexity index is 674. The van der Waals surface area contributed by atoms with Crippen molar-refractivity contribution < 1.29 is 4.79 Å². The number of benzene rings is 1. The first-order valence-electron chi connectivity index (χ1n) is 9.75. The van der Waals surface area contributed by atoms with E-state index in [1.807, 2.05) is 19.4 Å². The molecule has 1 atom stereocenters. The van der Waals surface area contributed by atoms with Crippen LogP contribution >= 0.6 is 0 Å². The Kier molecular flexibility index (Phi) is 6.83. The van der Waals surface area contributed by atoms with Crippen LogP contribution in [0.2, 0.25) is 0 Å². The minimum absolute atomic E-state index is 0.115. The third-order valence-corrected chi connectivity index (χ3v) is 5.16. The van der Waals surface area contributed by atoms with E-state index in [-0.39, 0.29) is 11.9 Å². The van der Waals surface area contributed by atoms with Crippen LogP contribution in [0.5, 0.6) is 0 Å². The van der Waals surface area contributed by atoms with Crippen LogP contribution in [0, 0.1) is 0 Å². The SMILES string of the molecule is Cn1cc(CCC(=O)NCC(c2ccccc2)N2CCCCCC2)cn1. The minimum atomic E-state index is 0.115. The molecule has 0 radical (unpaired) electrons. The highest BCUT2D eigenvalue weighted by Gasteiger charge is 2.22. The van der Waals surface area contributed by atoms with Gasteiger partial charge in [0.1, 0.15) is 0 Å². The molecule has 1 amide bonds. The summed E-state index contributed by atoms with van der Waals surface area (Å²) in [7, 11) is 1.90. The van der Waals surface area contributed by atoms with E-state index in [9.17, 15) is 4.79 Å². The molecule has 26 heavy (non-hydrogen) atoms. The summed E-state index contributed by atoms with van der Waals surface area (Å²) in [6.45, 7) is 2.91. The molecular weight excluding hydrogens is 324 g/mol. The summed E-state index contributed by atoms with van der Waals surface area (Å²) < 4.78 is 1.78. The van der Waals surface area contributed by atoms with Crippen molar-refractivity contribution in [2.45, 2.75) is 44.6 Å². The third kappa shape index (κ3) is 5.43. The van der Waals surface area contributed by atoms with Crippen molar-refractivity contribution in [2.24, 2.45) is 7.05 Å². The van der Waals surface area contributed by atoms with Gasteiger partial charge in [-0.2, -0.15) is 5.10 Å². The summed E-state index contributed by atoms with van der Waals surface area (Å²) in [5.74, 6) is 0.115. The summed E-state index contributed by atoms with van der Waals surface area (Å²) >= 11 is 0. The van der Waals surface area contributed by atoms with E-state index in [1.54, 1.807) is 4.68 Å². The van der Waals surface area contributed by atoms with Gasteiger partial charge in [-0.05, 0) is 43.5 Å². The first-order valence-corrected chi connectivity index (χ1v) is 9.75. The number of nitrogens with one attached hydrogen (secondary N) is 1. The Morgan fingerprint density at radius 1 is 1.15 bits per heavy atom. The van der Waals surface area contributed by atoms with Crippen LogP contribution in [0.4, 0.5) is 0 Å². The van der Waals surface area contributed by atoms with Crippen molar-refractivity contribution in [2.75, 3.05) is 19.6 Å². The average Bonchev–Trinajstić information content (AvgIpc) is 2.90. The number of carbonyl (C=O) groups excluding carboxylic acids is 1. The van der Waals surface area contributed by atoms with Crippen LogP contribution in [0.3, 0.4) is 0 Å². The number of hydrogen-bond acceptors (Lipinski definition) is 3. The molecule has 0 saturated carbocycles. The van der Waals surface area contributed by atoms with E-state index >= 15 is 0 Å². The van der Waals surface area contributed by atoms with E-state index in [0.29, 0.717) is 13.0 Å². The predicted molar refractivity (Wildman–Crippen MR) is 104 cm³/mol. The molecule has 0 aliphatic carbocycles. The first kappa shape index (κ1) is 18.6. The summed E-state index contributed by atoms with van der Waals surface area (Å²) in [6, 6.07) is 10.8. The lowest BCUT2D eigenvalue weighted by Crippen LogP contribution is -2.38. The molecule has 1 fully saturated rings. The van der Waals surface area contributed by atoms with Gasteiger partial charge in [-0.15, -0.1) is 0 Å². The largest absolute Gasteiger partial charge is 0.354 e. The van der Waals surface area contributed by atoms with Gasteiger partial charge in [-0.25, -0.2) is 0 Å². The van der Waals surface area contributed by atoms with Crippen molar-refractivity contribution in [3.05, 3.63) is 53.9 Å². The highest BCUT2D eigenvalue weighted by atomic mass is 16.1. The molecule has 1 aromatic heterocycles. The van der Waals surface area contributed by atoms with Crippen LogP contribution in [0.15, 0.2) is 42.7 Å². The molecule has 1 unspecified atom stereocenters. The van der Waals surface area contributed by atoms with Crippen molar-refractivity contribution in [1.29, 1.82) is 0 Å². The van der Waals surface area contributed by atoms with Gasteiger partial charge < -0.3 is 5.32 Å². The lowest BCUT2D eigenvalue weighted by Gasteiger charge is -2.31. The highest BCUT2D eigenvalue weighted by Crippen LogP contribution is 2.23. The second-order valence-electron chi connectivity index (χ2n) is 7.20. The number of carbonyl (C=O) groups is 1. The fraction of sp³-hybridized carbons (Fsp3) is 0.524.